The van der Waals surface area contributed by atoms with Gasteiger partial charge in [-0.3, -0.25) is 9.10 Å². The smallest absolute Gasteiger partial charge is 0.264 e. The number of methoxy groups -OCH3 is 2. The number of sulfonamides is 1. The van der Waals surface area contributed by atoms with Crippen LogP contribution in [-0.4, -0.2) is 35.1 Å². The monoisotopic (exact) mass is 518 g/mol. The first-order chi connectivity index (χ1) is 15.3. The third-order valence-electron chi connectivity index (χ3n) is 4.70. The average Bonchev–Trinajstić information content (AvgIpc) is 2.78. The predicted octanol–water partition coefficient (Wildman–Crippen LogP) is 4.61. The van der Waals surface area contributed by atoms with Crippen molar-refractivity contribution in [1.29, 1.82) is 0 Å². The lowest BCUT2D eigenvalue weighted by atomic mass is 10.2. The highest BCUT2D eigenvalue weighted by Crippen LogP contribution is 2.34. The number of hydrogen-bond acceptors (Lipinski definition) is 5. The molecule has 3 aromatic carbocycles. The summed E-state index contributed by atoms with van der Waals surface area (Å²) in [5.41, 5.74) is 1.73. The van der Waals surface area contributed by atoms with Crippen molar-refractivity contribution in [3.63, 3.8) is 0 Å². The van der Waals surface area contributed by atoms with Crippen molar-refractivity contribution in [1.82, 2.24) is 0 Å². The standard InChI is InChI=1S/C23H23BrN2O5S/c1-16-8-11-18(12-9-16)32(28,29)26(17-10-13-21(30-2)22(14-17)31-3)15-23(27)25-20-7-5-4-6-19(20)24/h4-14H,15H2,1-3H3,(H,25,27). The highest BCUT2D eigenvalue weighted by molar-refractivity contribution is 9.10. The summed E-state index contributed by atoms with van der Waals surface area (Å²) in [6, 6.07) is 18.2. The summed E-state index contributed by atoms with van der Waals surface area (Å²) in [4.78, 5) is 12.9. The Kier molecular flexibility index (Phi) is 7.42. The van der Waals surface area contributed by atoms with E-state index in [4.69, 9.17) is 9.47 Å². The number of nitrogens with one attached hydrogen (secondary N) is 1. The van der Waals surface area contributed by atoms with Gasteiger partial charge in [0.05, 0.1) is 30.5 Å². The Morgan fingerprint density at radius 1 is 0.969 bits per heavy atom. The minimum absolute atomic E-state index is 0.0755. The van der Waals surface area contributed by atoms with Crippen molar-refractivity contribution in [2.75, 3.05) is 30.4 Å². The van der Waals surface area contributed by atoms with Crippen LogP contribution in [0.5, 0.6) is 11.5 Å². The van der Waals surface area contributed by atoms with Crippen molar-refractivity contribution < 1.29 is 22.7 Å². The molecule has 0 fully saturated rings. The van der Waals surface area contributed by atoms with Gasteiger partial charge in [-0.25, -0.2) is 8.42 Å². The molecule has 0 aliphatic carbocycles. The molecule has 7 nitrogen and oxygen atoms in total. The maximum absolute atomic E-state index is 13.5. The zero-order valence-electron chi connectivity index (χ0n) is 17.8. The van der Waals surface area contributed by atoms with Gasteiger partial charge in [0.25, 0.3) is 10.0 Å². The second-order valence-corrected chi connectivity index (χ2v) is 9.61. The summed E-state index contributed by atoms with van der Waals surface area (Å²) >= 11 is 3.38. The topological polar surface area (TPSA) is 84.9 Å². The summed E-state index contributed by atoms with van der Waals surface area (Å²) in [7, 11) is -1.10. The Bertz CT molecular complexity index is 1210. The molecule has 168 valence electrons. The molecule has 1 amide bonds. The molecule has 0 radical (unpaired) electrons. The summed E-state index contributed by atoms with van der Waals surface area (Å²) < 4.78 is 39.3. The molecule has 0 atom stereocenters. The second-order valence-electron chi connectivity index (χ2n) is 6.89. The Labute approximate surface area is 196 Å². The van der Waals surface area contributed by atoms with Crippen LogP contribution in [0.2, 0.25) is 0 Å². The van der Waals surface area contributed by atoms with Crippen molar-refractivity contribution in [2.45, 2.75) is 11.8 Å². The number of benzene rings is 3. The van der Waals surface area contributed by atoms with Gasteiger partial charge < -0.3 is 14.8 Å². The normalized spacial score (nSPS) is 11.0. The van der Waals surface area contributed by atoms with Gasteiger partial charge in [0.15, 0.2) is 11.5 Å². The largest absolute Gasteiger partial charge is 0.493 e. The van der Waals surface area contributed by atoms with Crippen molar-refractivity contribution in [3.05, 3.63) is 76.8 Å². The predicted molar refractivity (Wildman–Crippen MR) is 128 cm³/mol. The first-order valence-electron chi connectivity index (χ1n) is 9.62. The third kappa shape index (κ3) is 5.23. The van der Waals surface area contributed by atoms with Crippen LogP contribution in [0.1, 0.15) is 5.56 Å². The minimum atomic E-state index is -4.05. The van der Waals surface area contributed by atoms with E-state index in [9.17, 15) is 13.2 Å². The molecule has 0 aliphatic rings. The second kappa shape index (κ2) is 10.1. The lowest BCUT2D eigenvalue weighted by molar-refractivity contribution is -0.114. The molecule has 32 heavy (non-hydrogen) atoms. The lowest BCUT2D eigenvalue weighted by Gasteiger charge is -2.25. The Morgan fingerprint density at radius 2 is 1.62 bits per heavy atom. The van der Waals surface area contributed by atoms with Gasteiger partial charge in [0, 0.05) is 10.5 Å². The van der Waals surface area contributed by atoms with Crippen LogP contribution in [0.25, 0.3) is 0 Å². The van der Waals surface area contributed by atoms with E-state index < -0.39 is 22.5 Å². The summed E-state index contributed by atoms with van der Waals surface area (Å²) in [5.74, 6) is 0.296. The molecule has 0 heterocycles. The SMILES string of the molecule is COc1ccc(N(CC(=O)Nc2ccccc2Br)S(=O)(=O)c2ccc(C)cc2)cc1OC. The number of ether oxygens (including phenoxy) is 2. The van der Waals surface area contributed by atoms with Crippen LogP contribution in [-0.2, 0) is 14.8 Å². The van der Waals surface area contributed by atoms with Gasteiger partial charge in [-0.05, 0) is 59.3 Å². The average molecular weight is 519 g/mol. The maximum Gasteiger partial charge on any atom is 0.264 e. The molecule has 0 unspecified atom stereocenters. The van der Waals surface area contributed by atoms with E-state index in [1.165, 1.54) is 32.4 Å². The molecule has 1 N–H and O–H groups in total. The van der Waals surface area contributed by atoms with Crippen molar-refractivity contribution >= 4 is 43.2 Å². The Morgan fingerprint density at radius 3 is 2.25 bits per heavy atom. The molecule has 0 saturated carbocycles. The number of amides is 1. The quantitative estimate of drug-likeness (QED) is 0.470. The molecule has 0 bridgehead atoms. The summed E-state index contributed by atoms with van der Waals surface area (Å²) in [6.07, 6.45) is 0. The molecule has 3 rings (SSSR count). The van der Waals surface area contributed by atoms with Gasteiger partial charge in [0.1, 0.15) is 6.54 Å². The van der Waals surface area contributed by atoms with E-state index in [-0.39, 0.29) is 10.6 Å². The van der Waals surface area contributed by atoms with Gasteiger partial charge >= 0.3 is 0 Å². The molecular formula is C23H23BrN2O5S. The van der Waals surface area contributed by atoms with Crippen LogP contribution >= 0.6 is 15.9 Å². The van der Waals surface area contributed by atoms with Gasteiger partial charge in [-0.2, -0.15) is 0 Å². The van der Waals surface area contributed by atoms with Gasteiger partial charge in [0.2, 0.25) is 5.91 Å². The fourth-order valence-electron chi connectivity index (χ4n) is 3.02. The number of carbonyl (C=O) groups is 1. The van der Waals surface area contributed by atoms with Crippen LogP contribution in [0, 0.1) is 6.92 Å². The molecule has 3 aromatic rings. The number of rotatable bonds is 8. The Hall–Kier alpha value is -3.04. The number of para-hydroxylation sites is 1. The summed E-state index contributed by atoms with van der Waals surface area (Å²) in [6.45, 7) is 1.43. The zero-order chi connectivity index (χ0) is 23.3. The summed E-state index contributed by atoms with van der Waals surface area (Å²) in [5, 5.41) is 2.75. The first kappa shape index (κ1) is 23.6. The third-order valence-corrected chi connectivity index (χ3v) is 7.18. The maximum atomic E-state index is 13.5. The number of anilines is 2. The highest BCUT2D eigenvalue weighted by atomic mass is 79.9. The van der Waals surface area contributed by atoms with Crippen LogP contribution in [0.3, 0.4) is 0 Å². The minimum Gasteiger partial charge on any atom is -0.493 e. The van der Waals surface area contributed by atoms with E-state index in [0.29, 0.717) is 21.7 Å². The molecular weight excluding hydrogens is 496 g/mol. The molecule has 0 aliphatic heterocycles. The van der Waals surface area contributed by atoms with Crippen molar-refractivity contribution in [3.8, 4) is 11.5 Å². The lowest BCUT2D eigenvalue weighted by Crippen LogP contribution is -2.38. The fourth-order valence-corrected chi connectivity index (χ4v) is 4.81. The molecule has 0 aromatic heterocycles. The molecule has 0 saturated heterocycles. The number of hydrogen-bond donors (Lipinski definition) is 1. The van der Waals surface area contributed by atoms with E-state index in [0.717, 1.165) is 9.87 Å². The fraction of sp³-hybridized carbons (Fsp3) is 0.174. The molecule has 0 spiro atoms. The van der Waals surface area contributed by atoms with E-state index in [1.54, 1.807) is 42.5 Å². The molecule has 9 heteroatoms. The number of halogens is 1. The van der Waals surface area contributed by atoms with Crippen molar-refractivity contribution in [2.24, 2.45) is 0 Å². The number of nitrogens with zero attached hydrogens (tertiary/aromatic N) is 1. The van der Waals surface area contributed by atoms with E-state index >= 15 is 0 Å². The van der Waals surface area contributed by atoms with Gasteiger partial charge in [-0.1, -0.05) is 29.8 Å². The van der Waals surface area contributed by atoms with E-state index in [2.05, 4.69) is 21.2 Å². The number of aryl methyl sites for hydroxylation is 1. The van der Waals surface area contributed by atoms with Crippen LogP contribution in [0.15, 0.2) is 76.1 Å². The highest BCUT2D eigenvalue weighted by Gasteiger charge is 2.28. The van der Waals surface area contributed by atoms with E-state index in [1.807, 2.05) is 13.0 Å². The Balaban J connectivity index is 2.02. The zero-order valence-corrected chi connectivity index (χ0v) is 20.2. The van der Waals surface area contributed by atoms with Gasteiger partial charge in [-0.15, -0.1) is 0 Å². The number of carbonyl (C=O) groups excluding carboxylic acids is 1. The first-order valence-corrected chi connectivity index (χ1v) is 11.9. The van der Waals surface area contributed by atoms with Crippen LogP contribution in [0.4, 0.5) is 11.4 Å². The van der Waals surface area contributed by atoms with Crippen LogP contribution < -0.4 is 19.1 Å².